The van der Waals surface area contributed by atoms with E-state index in [0.717, 1.165) is 58.1 Å². The molecule has 0 atom stereocenters. The molecule has 0 unspecified atom stereocenters. The van der Waals surface area contributed by atoms with Crippen LogP contribution < -0.4 is 10.2 Å². The number of aryl methyl sites for hydroxylation is 3. The molecular weight excluding hydrogens is 356 g/mol. The summed E-state index contributed by atoms with van der Waals surface area (Å²) in [6.07, 6.45) is 2.05. The minimum atomic E-state index is -0.00521. The summed E-state index contributed by atoms with van der Waals surface area (Å²) in [4.78, 5) is 25.6. The molecule has 0 aliphatic carbocycles. The number of nitrogens with one attached hydrogen (secondary N) is 1. The van der Waals surface area contributed by atoms with Crippen LogP contribution in [-0.2, 0) is 6.42 Å². The maximum atomic E-state index is 12.7. The second-order valence-electron chi connectivity index (χ2n) is 7.07. The molecule has 0 radical (unpaired) electrons. The maximum Gasteiger partial charge on any atom is 0.261 e. The van der Waals surface area contributed by atoms with Crippen molar-refractivity contribution in [1.29, 1.82) is 0 Å². The van der Waals surface area contributed by atoms with Gasteiger partial charge in [0.1, 0.15) is 10.7 Å². The smallest absolute Gasteiger partial charge is 0.261 e. The zero-order valence-electron chi connectivity index (χ0n) is 16.0. The van der Waals surface area contributed by atoms with Crippen molar-refractivity contribution in [2.45, 2.75) is 33.6 Å². The average Bonchev–Trinajstić information content (AvgIpc) is 3.20. The Balaban J connectivity index is 1.37. The van der Waals surface area contributed by atoms with Gasteiger partial charge in [-0.3, -0.25) is 4.79 Å². The van der Waals surface area contributed by atoms with E-state index in [9.17, 15) is 4.79 Å². The minimum absolute atomic E-state index is 0.00521. The lowest BCUT2D eigenvalue weighted by Crippen LogP contribution is -2.29. The normalized spacial score (nSPS) is 13.2. The minimum Gasteiger partial charge on any atom is -0.371 e. The molecule has 3 heterocycles. The van der Waals surface area contributed by atoms with Crippen LogP contribution in [0.1, 0.15) is 38.7 Å². The zero-order chi connectivity index (χ0) is 19.0. The monoisotopic (exact) mass is 380 g/mol. The molecule has 2 aromatic heterocycles. The van der Waals surface area contributed by atoms with E-state index in [1.165, 1.54) is 22.6 Å². The number of nitrogens with zero attached hydrogens (tertiary/aromatic N) is 3. The highest BCUT2D eigenvalue weighted by Crippen LogP contribution is 2.31. The molecule has 27 heavy (non-hydrogen) atoms. The first kappa shape index (κ1) is 17.9. The first-order chi connectivity index (χ1) is 13.0. The van der Waals surface area contributed by atoms with Gasteiger partial charge < -0.3 is 10.2 Å². The largest absolute Gasteiger partial charge is 0.371 e. The summed E-state index contributed by atoms with van der Waals surface area (Å²) < 4.78 is 0. The molecule has 1 aliphatic heterocycles. The molecule has 0 saturated heterocycles. The number of benzene rings is 1. The van der Waals surface area contributed by atoms with Gasteiger partial charge in [-0.1, -0.05) is 18.2 Å². The molecule has 1 aliphatic rings. The number of rotatable bonds is 5. The predicted octanol–water partition coefficient (Wildman–Crippen LogP) is 3.80. The molecule has 5 nitrogen and oxygen atoms in total. The lowest BCUT2D eigenvalue weighted by Gasteiger charge is -2.19. The van der Waals surface area contributed by atoms with E-state index in [2.05, 4.69) is 44.5 Å². The Hall–Kier alpha value is -2.47. The van der Waals surface area contributed by atoms with E-state index in [1.807, 2.05) is 20.8 Å². The van der Waals surface area contributed by atoms with E-state index < -0.39 is 0 Å². The number of amides is 1. The van der Waals surface area contributed by atoms with Gasteiger partial charge in [-0.2, -0.15) is 0 Å². The van der Waals surface area contributed by atoms with Crippen LogP contribution in [0.2, 0.25) is 0 Å². The van der Waals surface area contributed by atoms with Crippen molar-refractivity contribution in [3.63, 3.8) is 0 Å². The SMILES string of the molecule is Cc1nc(C)c2c(C)c(C(=O)NCCCN3CCc4ccccc43)sc2n1. The first-order valence-electron chi connectivity index (χ1n) is 9.40. The standard InChI is InChI=1S/C21H24N4OS/c1-13-18-14(2)23-15(3)24-21(18)27-19(13)20(26)22-10-6-11-25-12-9-16-7-4-5-8-17(16)25/h4-5,7-8H,6,9-12H2,1-3H3,(H,22,26). The molecule has 140 valence electrons. The first-order valence-corrected chi connectivity index (χ1v) is 10.2. The van der Waals surface area contributed by atoms with E-state index in [1.54, 1.807) is 0 Å². The lowest BCUT2D eigenvalue weighted by atomic mass is 10.1. The third-order valence-electron chi connectivity index (χ3n) is 5.16. The fourth-order valence-corrected chi connectivity index (χ4v) is 5.08. The van der Waals surface area contributed by atoms with Gasteiger partial charge in [0, 0.05) is 36.4 Å². The van der Waals surface area contributed by atoms with E-state index >= 15 is 0 Å². The van der Waals surface area contributed by atoms with Crippen LogP contribution in [0.3, 0.4) is 0 Å². The number of thiophene rings is 1. The van der Waals surface area contributed by atoms with Crippen LogP contribution in [0.15, 0.2) is 24.3 Å². The molecule has 0 spiro atoms. The number of hydrogen-bond donors (Lipinski definition) is 1. The summed E-state index contributed by atoms with van der Waals surface area (Å²) in [5.41, 5.74) is 4.69. The van der Waals surface area contributed by atoms with Crippen LogP contribution in [0.5, 0.6) is 0 Å². The van der Waals surface area contributed by atoms with Crippen LogP contribution in [-0.4, -0.2) is 35.5 Å². The van der Waals surface area contributed by atoms with Crippen molar-refractivity contribution >= 4 is 33.1 Å². The Labute approximate surface area is 163 Å². The third-order valence-corrected chi connectivity index (χ3v) is 6.35. The number of carbonyl (C=O) groups is 1. The van der Waals surface area contributed by atoms with Gasteiger partial charge in [0.2, 0.25) is 0 Å². The van der Waals surface area contributed by atoms with Crippen LogP contribution >= 0.6 is 11.3 Å². The molecule has 0 saturated carbocycles. The zero-order valence-corrected chi connectivity index (χ0v) is 16.8. The van der Waals surface area contributed by atoms with Gasteiger partial charge in [0.05, 0.1) is 4.88 Å². The van der Waals surface area contributed by atoms with E-state index in [-0.39, 0.29) is 5.91 Å². The Kier molecular flexibility index (Phi) is 4.83. The number of carbonyl (C=O) groups excluding carboxylic acids is 1. The van der Waals surface area contributed by atoms with Gasteiger partial charge in [-0.05, 0) is 50.8 Å². The van der Waals surface area contributed by atoms with Gasteiger partial charge in [0.25, 0.3) is 5.91 Å². The fourth-order valence-electron chi connectivity index (χ4n) is 3.88. The van der Waals surface area contributed by atoms with Gasteiger partial charge in [-0.15, -0.1) is 11.3 Å². The summed E-state index contributed by atoms with van der Waals surface area (Å²) in [5, 5.41) is 4.10. The molecule has 0 bridgehead atoms. The maximum absolute atomic E-state index is 12.7. The summed E-state index contributed by atoms with van der Waals surface area (Å²) >= 11 is 1.46. The number of anilines is 1. The van der Waals surface area contributed by atoms with Crippen molar-refractivity contribution in [3.8, 4) is 0 Å². The van der Waals surface area contributed by atoms with Gasteiger partial charge in [0.15, 0.2) is 0 Å². The molecular formula is C21H24N4OS. The molecule has 4 rings (SSSR count). The number of fused-ring (bicyclic) bond motifs is 2. The van der Waals surface area contributed by atoms with E-state index in [4.69, 9.17) is 0 Å². The number of para-hydroxylation sites is 1. The molecule has 3 aromatic rings. The van der Waals surface area contributed by atoms with Crippen molar-refractivity contribution in [1.82, 2.24) is 15.3 Å². The van der Waals surface area contributed by atoms with Crippen molar-refractivity contribution < 1.29 is 4.79 Å². The van der Waals surface area contributed by atoms with Gasteiger partial charge in [-0.25, -0.2) is 9.97 Å². The molecule has 0 fully saturated rings. The second kappa shape index (κ2) is 7.27. The fraction of sp³-hybridized carbons (Fsp3) is 0.381. The summed E-state index contributed by atoms with van der Waals surface area (Å²) in [5.74, 6) is 0.744. The Morgan fingerprint density at radius 1 is 1.22 bits per heavy atom. The summed E-state index contributed by atoms with van der Waals surface area (Å²) in [6, 6.07) is 8.58. The summed E-state index contributed by atoms with van der Waals surface area (Å²) in [6.45, 7) is 8.56. The topological polar surface area (TPSA) is 58.1 Å². The van der Waals surface area contributed by atoms with Crippen LogP contribution in [0.4, 0.5) is 5.69 Å². The Bertz CT molecular complexity index is 1010. The van der Waals surface area contributed by atoms with Crippen LogP contribution in [0.25, 0.3) is 10.2 Å². The number of hydrogen-bond acceptors (Lipinski definition) is 5. The molecule has 6 heteroatoms. The highest BCUT2D eigenvalue weighted by molar-refractivity contribution is 7.20. The third kappa shape index (κ3) is 3.41. The molecule has 1 amide bonds. The lowest BCUT2D eigenvalue weighted by molar-refractivity contribution is 0.0957. The summed E-state index contributed by atoms with van der Waals surface area (Å²) in [7, 11) is 0. The highest BCUT2D eigenvalue weighted by Gasteiger charge is 2.19. The number of aromatic nitrogens is 2. The Morgan fingerprint density at radius 3 is 2.89 bits per heavy atom. The quantitative estimate of drug-likeness (QED) is 0.684. The second-order valence-corrected chi connectivity index (χ2v) is 8.07. The Morgan fingerprint density at radius 2 is 2.04 bits per heavy atom. The average molecular weight is 381 g/mol. The van der Waals surface area contributed by atoms with Crippen molar-refractivity contribution in [2.75, 3.05) is 24.5 Å². The van der Waals surface area contributed by atoms with Crippen LogP contribution in [0, 0.1) is 20.8 Å². The van der Waals surface area contributed by atoms with Crippen molar-refractivity contribution in [3.05, 3.63) is 51.8 Å². The van der Waals surface area contributed by atoms with Gasteiger partial charge >= 0.3 is 0 Å². The molecule has 1 N–H and O–H groups in total. The van der Waals surface area contributed by atoms with Crippen molar-refractivity contribution in [2.24, 2.45) is 0 Å². The highest BCUT2D eigenvalue weighted by atomic mass is 32.1. The van der Waals surface area contributed by atoms with E-state index in [0.29, 0.717) is 6.54 Å². The predicted molar refractivity (Wildman–Crippen MR) is 111 cm³/mol. The molecule has 1 aromatic carbocycles.